The Morgan fingerprint density at radius 2 is 2.18 bits per heavy atom. The molecule has 0 aliphatic carbocycles. The number of rotatable bonds is 3. The number of thiophene rings is 1. The smallest absolute Gasteiger partial charge is 0.274 e. The second-order valence-corrected chi connectivity index (χ2v) is 7.03. The monoisotopic (exact) mass is 336 g/mol. The van der Waals surface area contributed by atoms with Gasteiger partial charge in [0.15, 0.2) is 4.21 Å². The Hall–Kier alpha value is -0.860. The van der Waals surface area contributed by atoms with E-state index in [9.17, 15) is 8.42 Å². The van der Waals surface area contributed by atoms with Gasteiger partial charge in [-0.25, -0.2) is 13.1 Å². The van der Waals surface area contributed by atoms with Gasteiger partial charge in [-0.05, 0) is 41.2 Å². The summed E-state index contributed by atoms with van der Waals surface area (Å²) in [4.78, 5) is 0. The molecule has 2 rings (SSSR count). The van der Waals surface area contributed by atoms with Crippen molar-refractivity contribution in [3.8, 4) is 0 Å². The maximum atomic E-state index is 12.0. The van der Waals surface area contributed by atoms with Crippen LogP contribution in [0.4, 0.5) is 5.88 Å². The summed E-state index contributed by atoms with van der Waals surface area (Å²) in [6.45, 7) is 3.49. The first-order valence-electron chi connectivity index (χ1n) is 4.60. The molecule has 0 radical (unpaired) electrons. The van der Waals surface area contributed by atoms with Crippen molar-refractivity contribution in [2.24, 2.45) is 0 Å². The zero-order valence-corrected chi connectivity index (χ0v) is 12.2. The van der Waals surface area contributed by atoms with Gasteiger partial charge in [0.2, 0.25) is 5.88 Å². The third-order valence-electron chi connectivity index (χ3n) is 2.21. The molecule has 2 heterocycles. The van der Waals surface area contributed by atoms with E-state index < -0.39 is 10.0 Å². The van der Waals surface area contributed by atoms with Gasteiger partial charge in [0.25, 0.3) is 10.0 Å². The summed E-state index contributed by atoms with van der Waals surface area (Å²) in [6, 6.07) is 1.68. The summed E-state index contributed by atoms with van der Waals surface area (Å²) < 4.78 is 32.1. The molecule has 8 heteroatoms. The predicted molar refractivity (Wildman–Crippen MR) is 68.8 cm³/mol. The van der Waals surface area contributed by atoms with Crippen LogP contribution in [0, 0.1) is 13.8 Å². The molecule has 92 valence electrons. The second kappa shape index (κ2) is 4.43. The van der Waals surface area contributed by atoms with E-state index >= 15 is 0 Å². The molecule has 5 nitrogen and oxygen atoms in total. The number of nitrogens with zero attached hydrogens (tertiary/aromatic N) is 1. The van der Waals surface area contributed by atoms with Gasteiger partial charge in [-0.2, -0.15) is 0 Å². The molecule has 0 spiro atoms. The summed E-state index contributed by atoms with van der Waals surface area (Å²) in [5.74, 6) is 0.155. The van der Waals surface area contributed by atoms with Crippen LogP contribution in [-0.2, 0) is 10.0 Å². The normalized spacial score (nSPS) is 11.7. The Labute approximate surface area is 111 Å². The molecular formula is C9H9BrN2O3S2. The van der Waals surface area contributed by atoms with Gasteiger partial charge in [0.05, 0.1) is 5.69 Å². The summed E-state index contributed by atoms with van der Waals surface area (Å²) >= 11 is 4.31. The Morgan fingerprint density at radius 3 is 2.65 bits per heavy atom. The number of sulfonamides is 1. The van der Waals surface area contributed by atoms with Gasteiger partial charge in [-0.3, -0.25) is 0 Å². The Morgan fingerprint density at radius 1 is 1.47 bits per heavy atom. The van der Waals surface area contributed by atoms with Crippen molar-refractivity contribution < 1.29 is 12.9 Å². The number of aryl methyl sites for hydroxylation is 1. The van der Waals surface area contributed by atoms with Gasteiger partial charge >= 0.3 is 0 Å². The van der Waals surface area contributed by atoms with E-state index in [1.165, 1.54) is 0 Å². The molecule has 0 aromatic carbocycles. The lowest BCUT2D eigenvalue weighted by Crippen LogP contribution is -2.12. The molecule has 0 unspecified atom stereocenters. The molecule has 0 aliphatic rings. The highest BCUT2D eigenvalue weighted by Gasteiger charge is 2.22. The molecule has 0 saturated heterocycles. The second-order valence-electron chi connectivity index (χ2n) is 3.38. The van der Waals surface area contributed by atoms with E-state index in [1.54, 1.807) is 25.3 Å². The van der Waals surface area contributed by atoms with Gasteiger partial charge in [0.1, 0.15) is 0 Å². The van der Waals surface area contributed by atoms with E-state index in [1.807, 2.05) is 0 Å². The minimum atomic E-state index is -3.62. The fourth-order valence-electron chi connectivity index (χ4n) is 1.15. The van der Waals surface area contributed by atoms with E-state index in [0.29, 0.717) is 15.7 Å². The molecule has 0 saturated carbocycles. The lowest BCUT2D eigenvalue weighted by molar-refractivity contribution is 0.430. The summed E-state index contributed by atoms with van der Waals surface area (Å²) in [6.07, 6.45) is 0. The van der Waals surface area contributed by atoms with E-state index in [2.05, 4.69) is 25.8 Å². The van der Waals surface area contributed by atoms with Crippen LogP contribution < -0.4 is 4.72 Å². The minimum Gasteiger partial charge on any atom is -0.337 e. The highest BCUT2D eigenvalue weighted by Crippen LogP contribution is 2.30. The van der Waals surface area contributed by atoms with Crippen LogP contribution in [0.25, 0.3) is 0 Å². The molecule has 0 fully saturated rings. The van der Waals surface area contributed by atoms with E-state index in [0.717, 1.165) is 11.3 Å². The van der Waals surface area contributed by atoms with Gasteiger partial charge in [-0.1, -0.05) is 5.16 Å². The zero-order valence-electron chi connectivity index (χ0n) is 9.02. The van der Waals surface area contributed by atoms with Crippen molar-refractivity contribution >= 4 is 43.2 Å². The van der Waals surface area contributed by atoms with Crippen LogP contribution in [0.3, 0.4) is 0 Å². The molecule has 2 aromatic rings. The van der Waals surface area contributed by atoms with Gasteiger partial charge < -0.3 is 4.52 Å². The highest BCUT2D eigenvalue weighted by atomic mass is 79.9. The number of halogens is 1. The summed E-state index contributed by atoms with van der Waals surface area (Å²) in [5, 5.41) is 5.39. The van der Waals surface area contributed by atoms with Crippen LogP contribution in [0.5, 0.6) is 0 Å². The highest BCUT2D eigenvalue weighted by molar-refractivity contribution is 9.10. The molecule has 1 N–H and O–H groups in total. The first kappa shape index (κ1) is 12.6. The number of anilines is 1. The maximum absolute atomic E-state index is 12.0. The fraction of sp³-hybridized carbons (Fsp3) is 0.222. The number of hydrogen-bond acceptors (Lipinski definition) is 5. The number of aromatic nitrogens is 1. The number of nitrogens with one attached hydrogen (secondary N) is 1. The van der Waals surface area contributed by atoms with Gasteiger partial charge in [-0.15, -0.1) is 11.3 Å². The molecule has 0 aliphatic heterocycles. The molecule has 0 atom stereocenters. The SMILES string of the molecule is Cc1noc(NS(=O)(=O)c2sccc2Br)c1C. The third kappa shape index (κ3) is 2.38. The van der Waals surface area contributed by atoms with Crippen molar-refractivity contribution in [2.75, 3.05) is 4.72 Å². The topological polar surface area (TPSA) is 72.2 Å². The van der Waals surface area contributed by atoms with Crippen molar-refractivity contribution in [3.63, 3.8) is 0 Å². The summed E-state index contributed by atoms with van der Waals surface area (Å²) in [7, 11) is -3.62. The van der Waals surface area contributed by atoms with Crippen LogP contribution in [0.1, 0.15) is 11.3 Å². The fourth-order valence-corrected chi connectivity index (χ4v) is 4.54. The first-order valence-corrected chi connectivity index (χ1v) is 7.76. The predicted octanol–water partition coefficient (Wildman–Crippen LogP) is 2.92. The first-order chi connectivity index (χ1) is 7.92. The Kier molecular flexibility index (Phi) is 3.28. The van der Waals surface area contributed by atoms with E-state index in [4.69, 9.17) is 4.52 Å². The molecule has 0 amide bonds. The van der Waals surface area contributed by atoms with Crippen LogP contribution in [0.15, 0.2) is 24.7 Å². The molecular weight excluding hydrogens is 328 g/mol. The molecule has 17 heavy (non-hydrogen) atoms. The lowest BCUT2D eigenvalue weighted by atomic mass is 10.3. The van der Waals surface area contributed by atoms with Crippen molar-refractivity contribution in [1.82, 2.24) is 5.16 Å². The van der Waals surface area contributed by atoms with Crippen LogP contribution in [-0.4, -0.2) is 13.6 Å². The minimum absolute atomic E-state index is 0.155. The summed E-state index contributed by atoms with van der Waals surface area (Å²) in [5.41, 5.74) is 1.34. The standard InChI is InChI=1S/C9H9BrN2O3S2/c1-5-6(2)11-15-8(5)12-17(13,14)9-7(10)3-4-16-9/h3-4,12H,1-2H3. The van der Waals surface area contributed by atoms with Crippen LogP contribution in [0.2, 0.25) is 0 Å². The van der Waals surface area contributed by atoms with E-state index in [-0.39, 0.29) is 10.1 Å². The van der Waals surface area contributed by atoms with Crippen LogP contribution >= 0.6 is 27.3 Å². The molecule has 2 aromatic heterocycles. The maximum Gasteiger partial charge on any atom is 0.274 e. The van der Waals surface area contributed by atoms with Crippen molar-refractivity contribution in [2.45, 2.75) is 18.1 Å². The average molecular weight is 337 g/mol. The van der Waals surface area contributed by atoms with Crippen molar-refractivity contribution in [1.29, 1.82) is 0 Å². The third-order valence-corrected chi connectivity index (χ3v) is 6.21. The number of hydrogen-bond donors (Lipinski definition) is 1. The Bertz CT molecular complexity index is 645. The average Bonchev–Trinajstić information content (AvgIpc) is 2.80. The largest absolute Gasteiger partial charge is 0.337 e. The quantitative estimate of drug-likeness (QED) is 0.935. The van der Waals surface area contributed by atoms with Gasteiger partial charge in [0, 0.05) is 10.0 Å². The van der Waals surface area contributed by atoms with Crippen molar-refractivity contribution in [3.05, 3.63) is 27.2 Å². The zero-order chi connectivity index (χ0) is 12.6. The lowest BCUT2D eigenvalue weighted by Gasteiger charge is -2.03. The Balaban J connectivity index is 2.37. The molecule has 0 bridgehead atoms.